The minimum atomic E-state index is -4.46. The first-order valence-electron chi connectivity index (χ1n) is 10.6. The number of halogens is 4. The van der Waals surface area contributed by atoms with Crippen LogP contribution in [0, 0.1) is 0 Å². The Kier molecular flexibility index (Phi) is 9.13. The van der Waals surface area contributed by atoms with Crippen LogP contribution in [0.4, 0.5) is 18.9 Å². The zero-order valence-corrected chi connectivity index (χ0v) is 20.3. The second-order valence-electron chi connectivity index (χ2n) is 7.26. The summed E-state index contributed by atoms with van der Waals surface area (Å²) in [6.45, 7) is 2.39. The summed E-state index contributed by atoms with van der Waals surface area (Å²) in [4.78, 5) is 12.0. The van der Waals surface area contributed by atoms with Gasteiger partial charge in [-0.15, -0.1) is 0 Å². The van der Waals surface area contributed by atoms with Gasteiger partial charge in [0.25, 0.3) is 5.91 Å². The molecule has 0 spiro atoms. The van der Waals surface area contributed by atoms with E-state index in [1.54, 1.807) is 12.1 Å². The van der Waals surface area contributed by atoms with E-state index in [9.17, 15) is 18.0 Å². The second kappa shape index (κ2) is 12.3. The molecule has 0 saturated heterocycles. The van der Waals surface area contributed by atoms with Gasteiger partial charge in [0.15, 0.2) is 11.5 Å². The fraction of sp³-hybridized carbons (Fsp3) is 0.200. The topological polar surface area (TPSA) is 72.0 Å². The number of benzene rings is 3. The molecule has 10 heteroatoms. The van der Waals surface area contributed by atoms with E-state index >= 15 is 0 Å². The molecule has 0 aliphatic heterocycles. The van der Waals surface area contributed by atoms with Gasteiger partial charge in [0, 0.05) is 5.69 Å². The van der Waals surface area contributed by atoms with Crippen LogP contribution in [0.2, 0.25) is 0 Å². The average Bonchev–Trinajstić information content (AvgIpc) is 2.83. The Labute approximate surface area is 209 Å². The number of nitrogens with one attached hydrogen (secondary N) is 2. The first-order valence-corrected chi connectivity index (χ1v) is 11.4. The third-order valence-corrected chi connectivity index (χ3v) is 5.19. The molecule has 35 heavy (non-hydrogen) atoms. The summed E-state index contributed by atoms with van der Waals surface area (Å²) in [5.41, 5.74) is 3.36. The molecule has 2 N–H and O–H groups in total. The van der Waals surface area contributed by atoms with Crippen LogP contribution >= 0.6 is 15.9 Å². The summed E-state index contributed by atoms with van der Waals surface area (Å²) in [5, 5.41) is 6.56. The van der Waals surface area contributed by atoms with Gasteiger partial charge in [0.05, 0.1) is 29.4 Å². The van der Waals surface area contributed by atoms with Crippen molar-refractivity contribution >= 4 is 33.7 Å². The molecule has 0 aliphatic rings. The zero-order valence-electron chi connectivity index (χ0n) is 18.7. The zero-order chi connectivity index (χ0) is 25.3. The highest BCUT2D eigenvalue weighted by atomic mass is 79.9. The quantitative estimate of drug-likeness (QED) is 0.240. The molecule has 0 aromatic heterocycles. The molecule has 0 heterocycles. The molecule has 0 radical (unpaired) electrons. The number of ether oxygens (including phenoxy) is 2. The Morgan fingerprint density at radius 2 is 1.83 bits per heavy atom. The van der Waals surface area contributed by atoms with Crippen LogP contribution in [0.3, 0.4) is 0 Å². The number of amides is 1. The van der Waals surface area contributed by atoms with Gasteiger partial charge in [-0.25, -0.2) is 5.43 Å². The van der Waals surface area contributed by atoms with Crippen LogP contribution < -0.4 is 20.2 Å². The van der Waals surface area contributed by atoms with Gasteiger partial charge >= 0.3 is 6.18 Å². The summed E-state index contributed by atoms with van der Waals surface area (Å²) in [6, 6.07) is 17.8. The van der Waals surface area contributed by atoms with E-state index in [0.29, 0.717) is 34.7 Å². The van der Waals surface area contributed by atoms with Crippen molar-refractivity contribution in [3.8, 4) is 11.5 Å². The summed E-state index contributed by atoms with van der Waals surface area (Å²) < 4.78 is 50.7. The van der Waals surface area contributed by atoms with Crippen molar-refractivity contribution in [1.29, 1.82) is 0 Å². The van der Waals surface area contributed by atoms with E-state index in [1.807, 2.05) is 37.3 Å². The van der Waals surface area contributed by atoms with E-state index in [-0.39, 0.29) is 12.2 Å². The Morgan fingerprint density at radius 1 is 1.06 bits per heavy atom. The molecule has 184 valence electrons. The van der Waals surface area contributed by atoms with Crippen LogP contribution in [0.1, 0.15) is 23.6 Å². The highest BCUT2D eigenvalue weighted by molar-refractivity contribution is 9.10. The fourth-order valence-corrected chi connectivity index (χ4v) is 3.58. The number of rotatable bonds is 10. The fourth-order valence-electron chi connectivity index (χ4n) is 3.00. The molecule has 0 atom stereocenters. The van der Waals surface area contributed by atoms with Crippen molar-refractivity contribution in [2.45, 2.75) is 19.7 Å². The van der Waals surface area contributed by atoms with Crippen molar-refractivity contribution in [3.05, 3.63) is 87.9 Å². The van der Waals surface area contributed by atoms with Gasteiger partial charge < -0.3 is 14.8 Å². The van der Waals surface area contributed by atoms with E-state index in [1.165, 1.54) is 18.3 Å². The maximum atomic E-state index is 12.8. The molecular weight excluding hydrogens is 527 g/mol. The van der Waals surface area contributed by atoms with Gasteiger partial charge in [0.2, 0.25) is 0 Å². The molecule has 6 nitrogen and oxygen atoms in total. The Balaban J connectivity index is 1.59. The molecule has 3 rings (SSSR count). The maximum absolute atomic E-state index is 12.8. The van der Waals surface area contributed by atoms with Gasteiger partial charge in [-0.2, -0.15) is 18.3 Å². The molecule has 3 aromatic rings. The van der Waals surface area contributed by atoms with E-state index < -0.39 is 17.6 Å². The molecule has 0 saturated carbocycles. The van der Waals surface area contributed by atoms with Crippen molar-refractivity contribution in [2.75, 3.05) is 18.5 Å². The van der Waals surface area contributed by atoms with Crippen LogP contribution in [-0.2, 0) is 17.6 Å². The van der Waals surface area contributed by atoms with Crippen LogP contribution in [0.15, 0.2) is 76.3 Å². The van der Waals surface area contributed by atoms with Crippen LogP contribution in [0.25, 0.3) is 0 Å². The first kappa shape index (κ1) is 26.1. The third kappa shape index (κ3) is 8.03. The van der Waals surface area contributed by atoms with Crippen molar-refractivity contribution < 1.29 is 27.4 Å². The molecular formula is C25H23BrF3N3O3. The van der Waals surface area contributed by atoms with Crippen LogP contribution in [0.5, 0.6) is 11.5 Å². The predicted octanol–water partition coefficient (Wildman–Crippen LogP) is 6.01. The van der Waals surface area contributed by atoms with E-state index in [0.717, 1.165) is 17.7 Å². The Bertz CT molecular complexity index is 1170. The van der Waals surface area contributed by atoms with Gasteiger partial charge in [-0.05, 0) is 64.3 Å². The van der Waals surface area contributed by atoms with Gasteiger partial charge in [0.1, 0.15) is 6.61 Å². The SMILES string of the molecule is CCOc1cc(/C=N\NC(=O)CNc2cccc(C(F)(F)F)c2)cc(Br)c1OCc1ccccc1. The number of hydrogen-bond donors (Lipinski definition) is 2. The summed E-state index contributed by atoms with van der Waals surface area (Å²) >= 11 is 3.49. The lowest BCUT2D eigenvalue weighted by molar-refractivity contribution is -0.137. The first-order chi connectivity index (χ1) is 16.8. The number of hydrazone groups is 1. The highest BCUT2D eigenvalue weighted by Crippen LogP contribution is 2.37. The molecule has 0 unspecified atom stereocenters. The molecule has 1 amide bonds. The van der Waals surface area contributed by atoms with Gasteiger partial charge in [-0.3, -0.25) is 4.79 Å². The second-order valence-corrected chi connectivity index (χ2v) is 8.12. The highest BCUT2D eigenvalue weighted by Gasteiger charge is 2.30. The average molecular weight is 550 g/mol. The Morgan fingerprint density at radius 3 is 2.54 bits per heavy atom. The molecule has 0 bridgehead atoms. The summed E-state index contributed by atoms with van der Waals surface area (Å²) in [6.07, 6.45) is -3.03. The lowest BCUT2D eigenvalue weighted by Gasteiger charge is -2.14. The minimum absolute atomic E-state index is 0.176. The lowest BCUT2D eigenvalue weighted by Crippen LogP contribution is -2.26. The largest absolute Gasteiger partial charge is 0.490 e. The normalized spacial score (nSPS) is 11.3. The smallest absolute Gasteiger partial charge is 0.416 e. The summed E-state index contributed by atoms with van der Waals surface area (Å²) in [5.74, 6) is 0.532. The standard InChI is InChI=1S/C25H23BrF3N3O3/c1-2-34-22-12-18(11-21(26)24(22)35-16-17-7-4-3-5-8-17)14-31-32-23(33)15-30-20-10-6-9-19(13-20)25(27,28)29/h3-14,30H,2,15-16H2,1H3,(H,32,33)/b31-14-. The van der Waals surface area contributed by atoms with Crippen molar-refractivity contribution in [1.82, 2.24) is 5.43 Å². The lowest BCUT2D eigenvalue weighted by atomic mass is 10.2. The molecule has 0 fully saturated rings. The number of anilines is 1. The van der Waals surface area contributed by atoms with Crippen LogP contribution in [-0.4, -0.2) is 25.3 Å². The predicted molar refractivity (Wildman–Crippen MR) is 132 cm³/mol. The van der Waals surface area contributed by atoms with E-state index in [2.05, 4.69) is 31.8 Å². The van der Waals surface area contributed by atoms with Gasteiger partial charge in [-0.1, -0.05) is 36.4 Å². The summed E-state index contributed by atoms with van der Waals surface area (Å²) in [7, 11) is 0. The number of alkyl halides is 3. The molecule has 0 aliphatic carbocycles. The van der Waals surface area contributed by atoms with Crippen molar-refractivity contribution in [2.24, 2.45) is 5.10 Å². The minimum Gasteiger partial charge on any atom is -0.490 e. The Hall–Kier alpha value is -3.53. The monoisotopic (exact) mass is 549 g/mol. The maximum Gasteiger partial charge on any atom is 0.416 e. The number of carbonyl (C=O) groups is 1. The van der Waals surface area contributed by atoms with Crippen molar-refractivity contribution in [3.63, 3.8) is 0 Å². The number of carbonyl (C=O) groups excluding carboxylic acids is 1. The number of hydrogen-bond acceptors (Lipinski definition) is 5. The molecule has 3 aromatic carbocycles. The third-order valence-electron chi connectivity index (χ3n) is 4.60. The number of nitrogens with zero attached hydrogens (tertiary/aromatic N) is 1. The van der Waals surface area contributed by atoms with E-state index in [4.69, 9.17) is 9.47 Å².